The first kappa shape index (κ1) is 22.8. The average molecular weight is 488 g/mol. The van der Waals surface area contributed by atoms with E-state index in [4.69, 9.17) is 21.1 Å². The molecule has 0 saturated heterocycles. The number of sulfonamides is 1. The zero-order chi connectivity index (χ0) is 23.6. The molecule has 10 heteroatoms. The Bertz CT molecular complexity index is 1310. The summed E-state index contributed by atoms with van der Waals surface area (Å²) in [6.07, 6.45) is 0. The number of fused-ring (bicyclic) bond motifs is 1. The summed E-state index contributed by atoms with van der Waals surface area (Å²) in [5.74, 6) is 0.466. The van der Waals surface area contributed by atoms with Gasteiger partial charge in [-0.1, -0.05) is 23.7 Å². The van der Waals surface area contributed by atoms with Crippen LogP contribution in [0.1, 0.15) is 10.4 Å². The molecule has 0 fully saturated rings. The Morgan fingerprint density at radius 2 is 1.70 bits per heavy atom. The Labute approximate surface area is 197 Å². The van der Waals surface area contributed by atoms with E-state index >= 15 is 0 Å². The van der Waals surface area contributed by atoms with Crippen molar-refractivity contribution in [2.45, 2.75) is 4.90 Å². The van der Waals surface area contributed by atoms with Gasteiger partial charge in [0.15, 0.2) is 11.5 Å². The summed E-state index contributed by atoms with van der Waals surface area (Å²) >= 11 is 6.27. The summed E-state index contributed by atoms with van der Waals surface area (Å²) in [5.41, 5.74) is 1.74. The Balaban J connectivity index is 1.55. The molecule has 1 aliphatic heterocycles. The number of halogens is 1. The van der Waals surface area contributed by atoms with Crippen molar-refractivity contribution in [1.82, 2.24) is 0 Å². The number of benzene rings is 3. The minimum Gasteiger partial charge on any atom is -0.486 e. The quantitative estimate of drug-likeness (QED) is 0.540. The molecule has 0 aromatic heterocycles. The molecule has 172 valence electrons. The first-order valence-electron chi connectivity index (χ1n) is 10.0. The summed E-state index contributed by atoms with van der Waals surface area (Å²) in [5, 5.41) is 3.33. The van der Waals surface area contributed by atoms with Crippen molar-refractivity contribution in [3.63, 3.8) is 0 Å². The third-order valence-electron chi connectivity index (χ3n) is 4.88. The number of ether oxygens (including phenoxy) is 2. The van der Waals surface area contributed by atoms with Crippen LogP contribution in [0.15, 0.2) is 65.6 Å². The summed E-state index contributed by atoms with van der Waals surface area (Å²) in [6.45, 7) is 0.765. The molecule has 0 spiro atoms. The molecule has 1 aliphatic rings. The maximum Gasteiger partial charge on any atom is 0.262 e. The minimum atomic E-state index is -3.91. The standard InChI is InChI=1S/C23H22ClN3O5S/c1-27(2)22-18(24)7-4-8-19(22)25-23(28)15-5-3-6-16(13-15)26-33(29,30)17-9-10-20-21(14-17)32-12-11-31-20/h3-10,13-14,26H,11-12H2,1-2H3,(H,25,28). The molecule has 3 aromatic carbocycles. The van der Waals surface area contributed by atoms with E-state index in [2.05, 4.69) is 10.0 Å². The highest BCUT2D eigenvalue weighted by molar-refractivity contribution is 7.92. The highest BCUT2D eigenvalue weighted by Crippen LogP contribution is 2.34. The van der Waals surface area contributed by atoms with Crippen LogP contribution in [0, 0.1) is 0 Å². The van der Waals surface area contributed by atoms with Gasteiger partial charge in [0.05, 0.1) is 21.3 Å². The van der Waals surface area contributed by atoms with E-state index in [1.54, 1.807) is 47.4 Å². The van der Waals surface area contributed by atoms with Crippen LogP contribution in [-0.4, -0.2) is 41.6 Å². The number of nitrogens with one attached hydrogen (secondary N) is 2. The van der Waals surface area contributed by atoms with Crippen LogP contribution in [-0.2, 0) is 10.0 Å². The lowest BCUT2D eigenvalue weighted by Gasteiger charge is -2.19. The van der Waals surface area contributed by atoms with Crippen LogP contribution in [0.5, 0.6) is 11.5 Å². The van der Waals surface area contributed by atoms with Gasteiger partial charge in [-0.3, -0.25) is 9.52 Å². The lowest BCUT2D eigenvalue weighted by Crippen LogP contribution is -2.18. The number of carbonyl (C=O) groups is 1. The van der Waals surface area contributed by atoms with Gasteiger partial charge in [-0.2, -0.15) is 0 Å². The van der Waals surface area contributed by atoms with Crippen molar-refractivity contribution in [2.75, 3.05) is 42.2 Å². The molecule has 2 N–H and O–H groups in total. The smallest absolute Gasteiger partial charge is 0.262 e. The zero-order valence-electron chi connectivity index (χ0n) is 18.0. The fourth-order valence-electron chi connectivity index (χ4n) is 3.39. The molecule has 3 aromatic rings. The van der Waals surface area contributed by atoms with Crippen LogP contribution in [0.4, 0.5) is 17.1 Å². The van der Waals surface area contributed by atoms with E-state index in [1.807, 2.05) is 14.1 Å². The Morgan fingerprint density at radius 3 is 2.45 bits per heavy atom. The Hall–Kier alpha value is -3.43. The molecule has 0 saturated carbocycles. The third-order valence-corrected chi connectivity index (χ3v) is 6.57. The van der Waals surface area contributed by atoms with E-state index in [9.17, 15) is 13.2 Å². The molecular formula is C23H22ClN3O5S. The van der Waals surface area contributed by atoms with Crippen molar-refractivity contribution in [3.8, 4) is 11.5 Å². The van der Waals surface area contributed by atoms with Gasteiger partial charge in [0.1, 0.15) is 13.2 Å². The molecule has 8 nitrogen and oxygen atoms in total. The molecule has 4 rings (SSSR count). The first-order valence-corrected chi connectivity index (χ1v) is 11.9. The fraction of sp³-hybridized carbons (Fsp3) is 0.174. The van der Waals surface area contributed by atoms with Crippen LogP contribution < -0.4 is 24.4 Å². The van der Waals surface area contributed by atoms with E-state index in [0.29, 0.717) is 41.1 Å². The monoisotopic (exact) mass is 487 g/mol. The number of hydrogen-bond acceptors (Lipinski definition) is 6. The van der Waals surface area contributed by atoms with Gasteiger partial charge < -0.3 is 19.7 Å². The molecule has 0 bridgehead atoms. The number of hydrogen-bond donors (Lipinski definition) is 2. The van der Waals surface area contributed by atoms with Gasteiger partial charge in [-0.15, -0.1) is 0 Å². The number of amides is 1. The number of para-hydroxylation sites is 1. The third kappa shape index (κ3) is 4.99. The van der Waals surface area contributed by atoms with Crippen molar-refractivity contribution >= 4 is 44.6 Å². The minimum absolute atomic E-state index is 0.0242. The molecule has 0 radical (unpaired) electrons. The molecule has 0 atom stereocenters. The fourth-order valence-corrected chi connectivity index (χ4v) is 4.80. The highest BCUT2D eigenvalue weighted by atomic mass is 35.5. The molecule has 0 unspecified atom stereocenters. The summed E-state index contributed by atoms with van der Waals surface area (Å²) in [6, 6.07) is 15.8. The predicted octanol–water partition coefficient (Wildman–Crippen LogP) is 4.23. The normalized spacial score (nSPS) is 12.7. The van der Waals surface area contributed by atoms with E-state index in [-0.39, 0.29) is 16.1 Å². The number of nitrogens with zero attached hydrogens (tertiary/aromatic N) is 1. The topological polar surface area (TPSA) is 97.0 Å². The molecular weight excluding hydrogens is 466 g/mol. The second-order valence-corrected chi connectivity index (χ2v) is 9.57. The van der Waals surface area contributed by atoms with Gasteiger partial charge in [0.2, 0.25) is 0 Å². The maximum absolute atomic E-state index is 12.9. The van der Waals surface area contributed by atoms with Crippen molar-refractivity contribution < 1.29 is 22.7 Å². The number of carbonyl (C=O) groups excluding carboxylic acids is 1. The molecule has 1 heterocycles. The van der Waals surface area contributed by atoms with Crippen LogP contribution in [0.2, 0.25) is 5.02 Å². The van der Waals surface area contributed by atoms with Gasteiger partial charge in [0, 0.05) is 31.4 Å². The molecule has 1 amide bonds. The second-order valence-electron chi connectivity index (χ2n) is 7.48. The maximum atomic E-state index is 12.9. The van der Waals surface area contributed by atoms with Crippen molar-refractivity contribution in [1.29, 1.82) is 0 Å². The van der Waals surface area contributed by atoms with Crippen LogP contribution in [0.3, 0.4) is 0 Å². The first-order chi connectivity index (χ1) is 15.7. The van der Waals surface area contributed by atoms with E-state index < -0.39 is 15.9 Å². The summed E-state index contributed by atoms with van der Waals surface area (Å²) < 4.78 is 39.2. The number of rotatable bonds is 6. The predicted molar refractivity (Wildman–Crippen MR) is 128 cm³/mol. The largest absolute Gasteiger partial charge is 0.486 e. The molecule has 33 heavy (non-hydrogen) atoms. The van der Waals surface area contributed by atoms with Crippen LogP contribution >= 0.6 is 11.6 Å². The summed E-state index contributed by atoms with van der Waals surface area (Å²) in [4.78, 5) is 14.7. The van der Waals surface area contributed by atoms with Crippen molar-refractivity contribution in [2.24, 2.45) is 0 Å². The second kappa shape index (κ2) is 9.21. The Kier molecular flexibility index (Phi) is 6.35. The van der Waals surface area contributed by atoms with Crippen molar-refractivity contribution in [3.05, 3.63) is 71.2 Å². The average Bonchev–Trinajstić information content (AvgIpc) is 2.78. The number of anilines is 3. The Morgan fingerprint density at radius 1 is 0.970 bits per heavy atom. The van der Waals surface area contributed by atoms with Gasteiger partial charge >= 0.3 is 0 Å². The van der Waals surface area contributed by atoms with Gasteiger partial charge in [-0.25, -0.2) is 8.42 Å². The lowest BCUT2D eigenvalue weighted by atomic mass is 10.1. The zero-order valence-corrected chi connectivity index (χ0v) is 19.5. The van der Waals surface area contributed by atoms with Gasteiger partial charge in [0.25, 0.3) is 15.9 Å². The van der Waals surface area contributed by atoms with Gasteiger partial charge in [-0.05, 0) is 42.5 Å². The highest BCUT2D eigenvalue weighted by Gasteiger charge is 2.20. The lowest BCUT2D eigenvalue weighted by molar-refractivity contribution is 0.102. The van der Waals surface area contributed by atoms with Crippen LogP contribution in [0.25, 0.3) is 0 Å². The summed E-state index contributed by atoms with van der Waals surface area (Å²) in [7, 11) is -0.266. The van der Waals surface area contributed by atoms with E-state index in [1.165, 1.54) is 18.2 Å². The van der Waals surface area contributed by atoms with E-state index in [0.717, 1.165) is 0 Å². The molecule has 0 aliphatic carbocycles. The SMILES string of the molecule is CN(C)c1c(Cl)cccc1NC(=O)c1cccc(NS(=O)(=O)c2ccc3c(c2)OCCO3)c1.